The third kappa shape index (κ3) is 3.82. The highest BCUT2D eigenvalue weighted by Crippen LogP contribution is 2.20. The van der Waals surface area contributed by atoms with Gasteiger partial charge in [0.1, 0.15) is 5.69 Å². The minimum Gasteiger partial charge on any atom is -0.419 e. The number of ether oxygens (including phenoxy) is 2. The van der Waals surface area contributed by atoms with E-state index >= 15 is 0 Å². The Labute approximate surface area is 99.0 Å². The summed E-state index contributed by atoms with van der Waals surface area (Å²) in [5.41, 5.74) is 1.52. The molecule has 0 fully saturated rings. The Morgan fingerprint density at radius 2 is 1.71 bits per heavy atom. The first kappa shape index (κ1) is 13.1. The van der Waals surface area contributed by atoms with Gasteiger partial charge in [-0.2, -0.15) is 0 Å². The van der Waals surface area contributed by atoms with Crippen LogP contribution >= 0.6 is 0 Å². The van der Waals surface area contributed by atoms with Crippen molar-refractivity contribution in [2.75, 3.05) is 0 Å². The van der Waals surface area contributed by atoms with E-state index in [0.717, 1.165) is 0 Å². The number of aromatic nitrogens is 2. The Hall–Kier alpha value is -1.98. The normalized spacial score (nSPS) is 10.2. The minimum absolute atomic E-state index is 0.329. The van der Waals surface area contributed by atoms with Gasteiger partial charge in [-0.1, -0.05) is 0 Å². The van der Waals surface area contributed by atoms with Crippen molar-refractivity contribution in [1.29, 1.82) is 0 Å². The van der Waals surface area contributed by atoms with Gasteiger partial charge in [0.05, 0.1) is 11.4 Å². The third-order valence-corrected chi connectivity index (χ3v) is 1.88. The van der Waals surface area contributed by atoms with E-state index in [1.54, 1.807) is 20.0 Å². The fourth-order valence-corrected chi connectivity index (χ4v) is 1.22. The molecule has 0 spiro atoms. The highest BCUT2D eigenvalue weighted by Gasteiger charge is 2.22. The molecule has 0 atom stereocenters. The molecule has 17 heavy (non-hydrogen) atoms. The zero-order chi connectivity index (χ0) is 13.0. The van der Waals surface area contributed by atoms with Crippen LogP contribution in [0.1, 0.15) is 37.2 Å². The highest BCUT2D eigenvalue weighted by molar-refractivity contribution is 5.68. The Balaban J connectivity index is 3.06. The maximum absolute atomic E-state index is 10.9. The summed E-state index contributed by atoms with van der Waals surface area (Å²) >= 11 is 0. The third-order valence-electron chi connectivity index (χ3n) is 1.88. The van der Waals surface area contributed by atoms with Gasteiger partial charge < -0.3 is 9.47 Å². The summed E-state index contributed by atoms with van der Waals surface area (Å²) in [4.78, 5) is 30.1. The van der Waals surface area contributed by atoms with Crippen molar-refractivity contribution in [3.8, 4) is 0 Å². The second-order valence-electron chi connectivity index (χ2n) is 3.53. The predicted octanol–water partition coefficient (Wildman–Crippen LogP) is 1.22. The molecule has 0 bridgehead atoms. The number of hydrogen-bond donors (Lipinski definition) is 0. The average Bonchev–Trinajstić information content (AvgIpc) is 2.19. The first-order valence-electron chi connectivity index (χ1n) is 5.04. The SMILES string of the molecule is CC(=O)OC(OC(C)=O)c1nc(C)cnc1C. The summed E-state index contributed by atoms with van der Waals surface area (Å²) in [6.07, 6.45) is 0.439. The van der Waals surface area contributed by atoms with E-state index in [0.29, 0.717) is 17.1 Å². The van der Waals surface area contributed by atoms with Crippen LogP contribution in [-0.2, 0) is 19.1 Å². The van der Waals surface area contributed by atoms with E-state index in [1.165, 1.54) is 13.8 Å². The minimum atomic E-state index is -1.14. The van der Waals surface area contributed by atoms with Crippen LogP contribution in [0.2, 0.25) is 0 Å². The van der Waals surface area contributed by atoms with E-state index in [2.05, 4.69) is 9.97 Å². The molecule has 0 aliphatic rings. The molecule has 6 nitrogen and oxygen atoms in total. The average molecular weight is 238 g/mol. The molecular formula is C11H14N2O4. The molecule has 0 N–H and O–H groups in total. The van der Waals surface area contributed by atoms with Crippen LogP contribution in [0, 0.1) is 13.8 Å². The van der Waals surface area contributed by atoms with Gasteiger partial charge in [-0.05, 0) is 13.8 Å². The van der Waals surface area contributed by atoms with Crippen molar-refractivity contribution in [3.05, 3.63) is 23.3 Å². The lowest BCUT2D eigenvalue weighted by Crippen LogP contribution is -2.18. The monoisotopic (exact) mass is 238 g/mol. The Kier molecular flexibility index (Phi) is 4.14. The summed E-state index contributed by atoms with van der Waals surface area (Å²) in [6, 6.07) is 0. The van der Waals surface area contributed by atoms with E-state index in [4.69, 9.17) is 9.47 Å². The molecule has 0 saturated heterocycles. The van der Waals surface area contributed by atoms with Crippen LogP contribution in [0.15, 0.2) is 6.20 Å². The van der Waals surface area contributed by atoms with Crippen LogP contribution < -0.4 is 0 Å². The zero-order valence-corrected chi connectivity index (χ0v) is 10.2. The van der Waals surface area contributed by atoms with Crippen molar-refractivity contribution in [2.24, 2.45) is 0 Å². The van der Waals surface area contributed by atoms with E-state index in [9.17, 15) is 9.59 Å². The van der Waals surface area contributed by atoms with Gasteiger partial charge in [-0.25, -0.2) is 4.98 Å². The van der Waals surface area contributed by atoms with Gasteiger partial charge in [-0.15, -0.1) is 0 Å². The summed E-state index contributed by atoms with van der Waals surface area (Å²) in [7, 11) is 0. The topological polar surface area (TPSA) is 78.4 Å². The molecule has 92 valence electrons. The summed E-state index contributed by atoms with van der Waals surface area (Å²) in [5, 5.41) is 0. The second-order valence-corrected chi connectivity index (χ2v) is 3.53. The van der Waals surface area contributed by atoms with Crippen molar-refractivity contribution in [2.45, 2.75) is 34.0 Å². The standard InChI is InChI=1S/C11H14N2O4/c1-6-5-12-7(2)10(13-6)11(16-8(3)14)17-9(4)15/h5,11H,1-4H3. The zero-order valence-electron chi connectivity index (χ0n) is 10.2. The lowest BCUT2D eigenvalue weighted by atomic mass is 10.3. The van der Waals surface area contributed by atoms with Crippen LogP contribution in [0.5, 0.6) is 0 Å². The summed E-state index contributed by atoms with van der Waals surface area (Å²) in [6.45, 7) is 5.90. The van der Waals surface area contributed by atoms with Gasteiger partial charge in [0, 0.05) is 20.0 Å². The smallest absolute Gasteiger partial charge is 0.306 e. The molecule has 0 unspecified atom stereocenters. The number of carbonyl (C=O) groups excluding carboxylic acids is 2. The summed E-state index contributed by atoms with van der Waals surface area (Å²) < 4.78 is 9.80. The first-order valence-corrected chi connectivity index (χ1v) is 5.04. The van der Waals surface area contributed by atoms with Gasteiger partial charge in [0.25, 0.3) is 6.29 Å². The number of aryl methyl sites for hydroxylation is 2. The molecule has 0 aliphatic heterocycles. The lowest BCUT2D eigenvalue weighted by Gasteiger charge is -2.17. The second kappa shape index (κ2) is 5.38. The summed E-state index contributed by atoms with van der Waals surface area (Å²) in [5.74, 6) is -1.11. The maximum Gasteiger partial charge on any atom is 0.306 e. The van der Waals surface area contributed by atoms with Gasteiger partial charge in [-0.3, -0.25) is 14.6 Å². The number of rotatable bonds is 3. The largest absolute Gasteiger partial charge is 0.419 e. The van der Waals surface area contributed by atoms with Crippen molar-refractivity contribution < 1.29 is 19.1 Å². The van der Waals surface area contributed by atoms with E-state index in [1.807, 2.05) is 0 Å². The van der Waals surface area contributed by atoms with Crippen molar-refractivity contribution >= 4 is 11.9 Å². The molecule has 1 aromatic rings. The van der Waals surface area contributed by atoms with Crippen molar-refractivity contribution in [1.82, 2.24) is 9.97 Å². The Bertz CT molecular complexity index is 429. The number of nitrogens with zero attached hydrogens (tertiary/aromatic N) is 2. The van der Waals surface area contributed by atoms with E-state index < -0.39 is 18.2 Å². The molecule has 0 radical (unpaired) electrons. The molecule has 0 amide bonds. The molecule has 0 aromatic carbocycles. The van der Waals surface area contributed by atoms with Crippen molar-refractivity contribution in [3.63, 3.8) is 0 Å². The number of carbonyl (C=O) groups is 2. The number of hydrogen-bond acceptors (Lipinski definition) is 6. The van der Waals surface area contributed by atoms with Gasteiger partial charge in [0.2, 0.25) is 0 Å². The van der Waals surface area contributed by atoms with Crippen LogP contribution in [-0.4, -0.2) is 21.9 Å². The molecule has 0 saturated carbocycles. The number of esters is 2. The Morgan fingerprint density at radius 3 is 2.18 bits per heavy atom. The predicted molar refractivity (Wildman–Crippen MR) is 57.8 cm³/mol. The van der Waals surface area contributed by atoms with Crippen LogP contribution in [0.3, 0.4) is 0 Å². The highest BCUT2D eigenvalue weighted by atomic mass is 16.7. The Morgan fingerprint density at radius 1 is 1.18 bits per heavy atom. The first-order chi connectivity index (χ1) is 7.90. The molecule has 1 aromatic heterocycles. The molecular weight excluding hydrogens is 224 g/mol. The fourth-order valence-electron chi connectivity index (χ4n) is 1.22. The molecule has 0 aliphatic carbocycles. The molecule has 1 rings (SSSR count). The van der Waals surface area contributed by atoms with Crippen LogP contribution in [0.25, 0.3) is 0 Å². The van der Waals surface area contributed by atoms with Gasteiger partial charge >= 0.3 is 11.9 Å². The quantitative estimate of drug-likeness (QED) is 0.582. The molecule has 1 heterocycles. The van der Waals surface area contributed by atoms with Crippen LogP contribution in [0.4, 0.5) is 0 Å². The van der Waals surface area contributed by atoms with Gasteiger partial charge in [0.15, 0.2) is 0 Å². The molecule has 6 heteroatoms. The lowest BCUT2D eigenvalue weighted by molar-refractivity contribution is -0.187. The fraction of sp³-hybridized carbons (Fsp3) is 0.455. The maximum atomic E-state index is 10.9. The van der Waals surface area contributed by atoms with E-state index in [-0.39, 0.29) is 0 Å².